The number of carbonyl (C=O) groups is 1. The monoisotopic (exact) mass is 274 g/mol. The van der Waals surface area contributed by atoms with Crippen LogP contribution < -0.4 is 10.6 Å². The number of amides is 2. The van der Waals surface area contributed by atoms with E-state index in [4.69, 9.17) is 4.52 Å². The molecule has 0 spiro atoms. The number of nitrogens with zero attached hydrogens (tertiary/aromatic N) is 2. The Morgan fingerprint density at radius 2 is 2.05 bits per heavy atom. The zero-order chi connectivity index (χ0) is 14.5. The van der Waals surface area contributed by atoms with E-state index in [-0.39, 0.29) is 12.1 Å². The number of pyridine rings is 1. The number of hydrogen-bond acceptors (Lipinski definition) is 4. The van der Waals surface area contributed by atoms with Gasteiger partial charge in [-0.15, -0.1) is 0 Å². The van der Waals surface area contributed by atoms with Crippen LogP contribution in [0.25, 0.3) is 0 Å². The van der Waals surface area contributed by atoms with E-state index in [1.54, 1.807) is 26.2 Å². The van der Waals surface area contributed by atoms with Crippen LogP contribution in [0.2, 0.25) is 0 Å². The van der Waals surface area contributed by atoms with Gasteiger partial charge in [-0.3, -0.25) is 4.98 Å². The van der Waals surface area contributed by atoms with Gasteiger partial charge in [0.05, 0.1) is 6.04 Å². The maximum absolute atomic E-state index is 12.1. The molecule has 0 radical (unpaired) electrons. The Morgan fingerprint density at radius 1 is 1.35 bits per heavy atom. The van der Waals surface area contributed by atoms with Crippen LogP contribution in [-0.2, 0) is 0 Å². The van der Waals surface area contributed by atoms with Crippen molar-refractivity contribution in [2.45, 2.75) is 33.2 Å². The Hall–Kier alpha value is -2.37. The molecule has 0 aliphatic carbocycles. The van der Waals surface area contributed by atoms with Gasteiger partial charge in [-0.1, -0.05) is 12.1 Å². The molecule has 1 atom stereocenters. The molecule has 0 unspecified atom stereocenters. The fraction of sp³-hybridized carbons (Fsp3) is 0.357. The highest BCUT2D eigenvalue weighted by Crippen LogP contribution is 2.19. The van der Waals surface area contributed by atoms with E-state index in [9.17, 15) is 4.79 Å². The summed E-state index contributed by atoms with van der Waals surface area (Å²) in [7, 11) is 0. The van der Waals surface area contributed by atoms with Crippen molar-refractivity contribution < 1.29 is 9.32 Å². The molecule has 0 bridgehead atoms. The number of hydrogen-bond donors (Lipinski definition) is 2. The second kappa shape index (κ2) is 6.18. The van der Waals surface area contributed by atoms with E-state index in [0.29, 0.717) is 17.1 Å². The average Bonchev–Trinajstić information content (AvgIpc) is 2.77. The summed E-state index contributed by atoms with van der Waals surface area (Å²) in [5.74, 6) is 0.592. The van der Waals surface area contributed by atoms with E-state index in [0.717, 1.165) is 12.0 Å². The van der Waals surface area contributed by atoms with Gasteiger partial charge >= 0.3 is 6.03 Å². The first-order chi connectivity index (χ1) is 9.61. The van der Waals surface area contributed by atoms with E-state index in [2.05, 4.69) is 20.8 Å². The van der Waals surface area contributed by atoms with Crippen molar-refractivity contribution >= 4 is 11.7 Å². The molecule has 0 saturated carbocycles. The predicted molar refractivity (Wildman–Crippen MR) is 75.4 cm³/mol. The summed E-state index contributed by atoms with van der Waals surface area (Å²) < 4.78 is 5.01. The summed E-state index contributed by atoms with van der Waals surface area (Å²) in [5, 5.41) is 9.50. The SMILES string of the molecule is CC[C@H](NC(=O)Nc1c(C)noc1C)c1ccncc1. The number of aryl methyl sites for hydroxylation is 2. The van der Waals surface area contributed by atoms with Crippen LogP contribution in [0.15, 0.2) is 29.0 Å². The van der Waals surface area contributed by atoms with Crippen molar-refractivity contribution in [2.75, 3.05) is 5.32 Å². The normalized spacial score (nSPS) is 11.9. The van der Waals surface area contributed by atoms with E-state index >= 15 is 0 Å². The van der Waals surface area contributed by atoms with Gasteiger partial charge in [0.15, 0.2) is 5.76 Å². The Bertz CT molecular complexity index is 561. The number of nitrogens with one attached hydrogen (secondary N) is 2. The molecule has 2 aromatic rings. The standard InChI is InChI=1S/C14H18N4O2/c1-4-12(11-5-7-15-8-6-11)16-14(19)17-13-9(2)18-20-10(13)3/h5-8,12H,4H2,1-3H3,(H2,16,17,19)/t12-/m0/s1. The molecule has 0 aliphatic heterocycles. The maximum Gasteiger partial charge on any atom is 0.319 e. The molecular formula is C14H18N4O2. The van der Waals surface area contributed by atoms with Crippen molar-refractivity contribution in [1.82, 2.24) is 15.5 Å². The van der Waals surface area contributed by atoms with E-state index in [1.165, 1.54) is 0 Å². The van der Waals surface area contributed by atoms with E-state index in [1.807, 2.05) is 19.1 Å². The van der Waals surface area contributed by atoms with Crippen LogP contribution >= 0.6 is 0 Å². The quantitative estimate of drug-likeness (QED) is 0.898. The summed E-state index contributed by atoms with van der Waals surface area (Å²) in [4.78, 5) is 16.0. The molecule has 2 N–H and O–H groups in total. The Morgan fingerprint density at radius 3 is 2.60 bits per heavy atom. The zero-order valence-corrected chi connectivity index (χ0v) is 11.8. The minimum atomic E-state index is -0.275. The second-order valence-electron chi connectivity index (χ2n) is 4.54. The molecule has 6 nitrogen and oxygen atoms in total. The van der Waals surface area contributed by atoms with Crippen LogP contribution in [0.1, 0.15) is 36.4 Å². The van der Waals surface area contributed by atoms with Gasteiger partial charge < -0.3 is 15.2 Å². The number of rotatable bonds is 4. The first kappa shape index (κ1) is 14.0. The average molecular weight is 274 g/mol. The summed E-state index contributed by atoms with van der Waals surface area (Å²) in [6, 6.07) is 3.45. The Kier molecular flexibility index (Phi) is 4.34. The largest absolute Gasteiger partial charge is 0.359 e. The van der Waals surface area contributed by atoms with Gasteiger partial charge in [0.1, 0.15) is 11.4 Å². The summed E-state index contributed by atoms with van der Waals surface area (Å²) in [5.41, 5.74) is 2.30. The number of aromatic nitrogens is 2. The molecule has 2 heterocycles. The lowest BCUT2D eigenvalue weighted by Gasteiger charge is -2.17. The molecule has 20 heavy (non-hydrogen) atoms. The van der Waals surface area contributed by atoms with Crippen LogP contribution in [0, 0.1) is 13.8 Å². The lowest BCUT2D eigenvalue weighted by molar-refractivity contribution is 0.248. The van der Waals surface area contributed by atoms with Gasteiger partial charge in [-0.25, -0.2) is 4.79 Å². The van der Waals surface area contributed by atoms with Crippen LogP contribution in [-0.4, -0.2) is 16.2 Å². The highest BCUT2D eigenvalue weighted by atomic mass is 16.5. The molecule has 6 heteroatoms. The number of anilines is 1. The van der Waals surface area contributed by atoms with Gasteiger partial charge in [-0.05, 0) is 38.0 Å². The highest BCUT2D eigenvalue weighted by Gasteiger charge is 2.16. The fourth-order valence-corrected chi connectivity index (χ4v) is 1.99. The first-order valence-electron chi connectivity index (χ1n) is 6.52. The predicted octanol–water partition coefficient (Wildman–Crippen LogP) is 2.96. The van der Waals surface area contributed by atoms with Gasteiger partial charge in [0.25, 0.3) is 0 Å². The van der Waals surface area contributed by atoms with Crippen LogP contribution in [0.5, 0.6) is 0 Å². The number of carbonyl (C=O) groups excluding carboxylic acids is 1. The molecule has 0 aliphatic rings. The van der Waals surface area contributed by atoms with Crippen molar-refractivity contribution in [2.24, 2.45) is 0 Å². The minimum Gasteiger partial charge on any atom is -0.359 e. The summed E-state index contributed by atoms with van der Waals surface area (Å²) in [6.07, 6.45) is 4.22. The van der Waals surface area contributed by atoms with Crippen molar-refractivity contribution in [3.63, 3.8) is 0 Å². The molecular weight excluding hydrogens is 256 g/mol. The van der Waals surface area contributed by atoms with Crippen molar-refractivity contribution in [3.8, 4) is 0 Å². The highest BCUT2D eigenvalue weighted by molar-refractivity contribution is 5.90. The third-order valence-corrected chi connectivity index (χ3v) is 3.09. The Labute approximate surface area is 117 Å². The lowest BCUT2D eigenvalue weighted by atomic mass is 10.1. The molecule has 106 valence electrons. The summed E-state index contributed by atoms with van der Waals surface area (Å²) in [6.45, 7) is 5.56. The van der Waals surface area contributed by atoms with Gasteiger partial charge in [0, 0.05) is 12.4 Å². The van der Waals surface area contributed by atoms with Crippen molar-refractivity contribution in [3.05, 3.63) is 41.5 Å². The molecule has 2 aromatic heterocycles. The molecule has 0 aromatic carbocycles. The number of urea groups is 1. The van der Waals surface area contributed by atoms with Crippen molar-refractivity contribution in [1.29, 1.82) is 0 Å². The lowest BCUT2D eigenvalue weighted by Crippen LogP contribution is -2.32. The maximum atomic E-state index is 12.1. The second-order valence-corrected chi connectivity index (χ2v) is 4.54. The zero-order valence-electron chi connectivity index (χ0n) is 11.8. The topological polar surface area (TPSA) is 80.0 Å². The smallest absolute Gasteiger partial charge is 0.319 e. The van der Waals surface area contributed by atoms with Crippen LogP contribution in [0.4, 0.5) is 10.5 Å². The minimum absolute atomic E-state index is 0.0570. The molecule has 2 amide bonds. The van der Waals surface area contributed by atoms with Gasteiger partial charge in [-0.2, -0.15) is 0 Å². The van der Waals surface area contributed by atoms with Gasteiger partial charge in [0.2, 0.25) is 0 Å². The fourth-order valence-electron chi connectivity index (χ4n) is 1.99. The van der Waals surface area contributed by atoms with Crippen LogP contribution in [0.3, 0.4) is 0 Å². The Balaban J connectivity index is 2.03. The first-order valence-corrected chi connectivity index (χ1v) is 6.52. The third kappa shape index (κ3) is 3.14. The third-order valence-electron chi connectivity index (χ3n) is 3.09. The summed E-state index contributed by atoms with van der Waals surface area (Å²) >= 11 is 0. The van der Waals surface area contributed by atoms with E-state index < -0.39 is 0 Å². The molecule has 2 rings (SSSR count). The molecule has 0 fully saturated rings. The molecule has 0 saturated heterocycles.